The van der Waals surface area contributed by atoms with E-state index in [9.17, 15) is 9.59 Å². The summed E-state index contributed by atoms with van der Waals surface area (Å²) in [4.78, 5) is 29.3. The molecule has 3 aromatic heterocycles. The second-order valence-electron chi connectivity index (χ2n) is 7.59. The Hall–Kier alpha value is -2.43. The van der Waals surface area contributed by atoms with Gasteiger partial charge in [0.25, 0.3) is 0 Å². The number of ether oxygens (including phenoxy) is 2. The number of ketones is 1. The van der Waals surface area contributed by atoms with E-state index in [1.807, 2.05) is 17.5 Å². The number of aromatic nitrogens is 4. The number of carbonyl (C=O) groups excluding carboxylic acids is 2. The molecule has 0 saturated carbocycles. The molecule has 10 heteroatoms. The highest BCUT2D eigenvalue weighted by atomic mass is 32.2. The second-order valence-corrected chi connectivity index (χ2v) is 9.48. The number of carbonyl (C=O) groups is 2. The van der Waals surface area contributed by atoms with Crippen LogP contribution in [0.25, 0.3) is 10.7 Å². The number of esters is 1. The van der Waals surface area contributed by atoms with Crippen LogP contribution in [0.3, 0.4) is 0 Å². The number of aromatic amines is 1. The number of hydrogen-bond acceptors (Lipinski definition) is 8. The molecule has 170 valence electrons. The molecule has 0 aliphatic carbocycles. The van der Waals surface area contributed by atoms with E-state index in [1.165, 1.54) is 11.8 Å². The quantitative estimate of drug-likeness (QED) is 0.281. The molecule has 1 fully saturated rings. The summed E-state index contributed by atoms with van der Waals surface area (Å²) >= 11 is 2.95. The van der Waals surface area contributed by atoms with Gasteiger partial charge in [0, 0.05) is 12.3 Å². The molecule has 1 saturated heterocycles. The summed E-state index contributed by atoms with van der Waals surface area (Å²) in [5, 5.41) is 11.5. The fourth-order valence-corrected chi connectivity index (χ4v) is 5.42. The first kappa shape index (κ1) is 22.8. The van der Waals surface area contributed by atoms with Crippen molar-refractivity contribution in [1.29, 1.82) is 0 Å². The van der Waals surface area contributed by atoms with Crippen molar-refractivity contribution in [2.75, 3.05) is 19.0 Å². The molecule has 0 radical (unpaired) electrons. The maximum atomic E-state index is 13.0. The minimum Gasteiger partial charge on any atom is -0.462 e. The number of thioether (sulfide) groups is 1. The summed E-state index contributed by atoms with van der Waals surface area (Å²) in [6, 6.07) is 4.00. The van der Waals surface area contributed by atoms with Crippen LogP contribution in [-0.4, -0.2) is 56.6 Å². The number of rotatable bonds is 9. The van der Waals surface area contributed by atoms with Crippen LogP contribution in [0.2, 0.25) is 0 Å². The smallest absolute Gasteiger partial charge is 0.340 e. The lowest BCUT2D eigenvalue weighted by Gasteiger charge is -2.14. The van der Waals surface area contributed by atoms with E-state index in [2.05, 4.69) is 19.7 Å². The lowest BCUT2D eigenvalue weighted by molar-refractivity contribution is 0.0525. The Morgan fingerprint density at radius 2 is 2.22 bits per heavy atom. The van der Waals surface area contributed by atoms with Crippen LogP contribution in [0.4, 0.5) is 0 Å². The van der Waals surface area contributed by atoms with E-state index in [0.717, 1.165) is 30.2 Å². The zero-order chi connectivity index (χ0) is 22.7. The molecular weight excluding hydrogens is 448 g/mol. The Balaban J connectivity index is 1.53. The highest BCUT2D eigenvalue weighted by Gasteiger charge is 2.25. The van der Waals surface area contributed by atoms with E-state index in [1.54, 1.807) is 32.1 Å². The SMILES string of the molecule is CCOC(=O)c1c(C)[nH]c(C(=O)CSc2nnc(-c3cccs3)n2CC2CCCO2)c1C. The first-order valence-electron chi connectivity index (χ1n) is 10.6. The van der Waals surface area contributed by atoms with Crippen molar-refractivity contribution in [2.24, 2.45) is 0 Å². The van der Waals surface area contributed by atoms with Crippen LogP contribution in [0.1, 0.15) is 51.9 Å². The first-order chi connectivity index (χ1) is 15.5. The summed E-state index contributed by atoms with van der Waals surface area (Å²) in [6.45, 7) is 7.02. The summed E-state index contributed by atoms with van der Waals surface area (Å²) in [5.74, 6) is 0.455. The minimum atomic E-state index is -0.414. The van der Waals surface area contributed by atoms with Crippen LogP contribution >= 0.6 is 23.1 Å². The number of nitrogens with one attached hydrogen (secondary N) is 1. The van der Waals surface area contributed by atoms with Crippen molar-refractivity contribution in [3.05, 3.63) is 40.0 Å². The van der Waals surface area contributed by atoms with Crippen LogP contribution in [0, 0.1) is 13.8 Å². The minimum absolute atomic E-state index is 0.101. The normalized spacial score (nSPS) is 15.9. The van der Waals surface area contributed by atoms with Gasteiger partial charge < -0.3 is 14.5 Å². The monoisotopic (exact) mass is 474 g/mol. The molecule has 1 aliphatic rings. The zero-order valence-electron chi connectivity index (χ0n) is 18.3. The van der Waals surface area contributed by atoms with Gasteiger partial charge in [-0.3, -0.25) is 9.36 Å². The Bertz CT molecular complexity index is 1100. The summed E-state index contributed by atoms with van der Waals surface area (Å²) in [6.07, 6.45) is 2.18. The predicted octanol–water partition coefficient (Wildman–Crippen LogP) is 4.28. The molecule has 32 heavy (non-hydrogen) atoms. The van der Waals surface area contributed by atoms with Gasteiger partial charge in [0.1, 0.15) is 0 Å². The first-order valence-corrected chi connectivity index (χ1v) is 12.5. The summed E-state index contributed by atoms with van der Waals surface area (Å²) in [5.41, 5.74) is 2.12. The van der Waals surface area contributed by atoms with Gasteiger partial charge in [-0.2, -0.15) is 0 Å². The molecule has 4 rings (SSSR count). The van der Waals surface area contributed by atoms with Crippen molar-refractivity contribution in [3.8, 4) is 10.7 Å². The van der Waals surface area contributed by atoms with E-state index >= 15 is 0 Å². The fourth-order valence-electron chi connectivity index (χ4n) is 3.88. The Labute approximate surface area is 194 Å². The van der Waals surface area contributed by atoms with Crippen LogP contribution < -0.4 is 0 Å². The molecular formula is C22H26N4O4S2. The van der Waals surface area contributed by atoms with Crippen LogP contribution in [0.5, 0.6) is 0 Å². The molecule has 0 aromatic carbocycles. The maximum Gasteiger partial charge on any atom is 0.340 e. The molecule has 1 aliphatic heterocycles. The third-order valence-corrected chi connectivity index (χ3v) is 7.23. The largest absolute Gasteiger partial charge is 0.462 e. The van der Waals surface area contributed by atoms with E-state index in [0.29, 0.717) is 34.2 Å². The molecule has 0 bridgehead atoms. The number of nitrogens with zero attached hydrogens (tertiary/aromatic N) is 3. The number of aryl methyl sites for hydroxylation is 1. The highest BCUT2D eigenvalue weighted by Crippen LogP contribution is 2.30. The molecule has 8 nitrogen and oxygen atoms in total. The van der Waals surface area contributed by atoms with Gasteiger partial charge >= 0.3 is 5.97 Å². The van der Waals surface area contributed by atoms with Crippen LogP contribution in [0.15, 0.2) is 22.7 Å². The summed E-state index contributed by atoms with van der Waals surface area (Å²) in [7, 11) is 0. The average molecular weight is 475 g/mol. The van der Waals surface area contributed by atoms with Gasteiger partial charge in [-0.05, 0) is 50.6 Å². The number of thiophene rings is 1. The highest BCUT2D eigenvalue weighted by molar-refractivity contribution is 7.99. The van der Waals surface area contributed by atoms with E-state index in [4.69, 9.17) is 9.47 Å². The van der Waals surface area contributed by atoms with Crippen molar-refractivity contribution in [1.82, 2.24) is 19.7 Å². The molecule has 0 spiro atoms. The Morgan fingerprint density at radius 3 is 2.91 bits per heavy atom. The van der Waals surface area contributed by atoms with E-state index < -0.39 is 5.97 Å². The molecule has 1 unspecified atom stereocenters. The van der Waals surface area contributed by atoms with Gasteiger partial charge in [0.15, 0.2) is 16.8 Å². The van der Waals surface area contributed by atoms with Crippen molar-refractivity contribution in [3.63, 3.8) is 0 Å². The van der Waals surface area contributed by atoms with E-state index in [-0.39, 0.29) is 24.2 Å². The summed E-state index contributed by atoms with van der Waals surface area (Å²) < 4.78 is 13.0. The van der Waals surface area contributed by atoms with Crippen LogP contribution in [-0.2, 0) is 16.0 Å². The molecule has 0 amide bonds. The predicted molar refractivity (Wildman–Crippen MR) is 124 cm³/mol. The van der Waals surface area contributed by atoms with Crippen molar-refractivity contribution in [2.45, 2.75) is 51.4 Å². The molecule has 4 heterocycles. The maximum absolute atomic E-state index is 13.0. The Morgan fingerprint density at radius 1 is 1.38 bits per heavy atom. The number of Topliss-reactive ketones (excluding diaryl/α,β-unsaturated/α-hetero) is 1. The average Bonchev–Trinajstić information content (AvgIpc) is 3.55. The fraction of sp³-hybridized carbons (Fsp3) is 0.455. The van der Waals surface area contributed by atoms with Crippen molar-refractivity contribution < 1.29 is 19.1 Å². The third kappa shape index (κ3) is 4.67. The molecule has 1 atom stereocenters. The second kappa shape index (κ2) is 10.0. The zero-order valence-corrected chi connectivity index (χ0v) is 20.0. The van der Waals surface area contributed by atoms with Gasteiger partial charge in [-0.25, -0.2) is 4.79 Å². The molecule has 1 N–H and O–H groups in total. The lowest BCUT2D eigenvalue weighted by Crippen LogP contribution is -2.17. The van der Waals surface area contributed by atoms with Gasteiger partial charge in [0.05, 0.1) is 41.1 Å². The standard InChI is InChI=1S/C22H26N4O4S2/c1-4-29-21(28)18-13(2)19(23-14(18)3)16(27)12-32-22-25-24-20(17-8-6-10-31-17)26(22)11-15-7-5-9-30-15/h6,8,10,15,23H,4-5,7,9,11-12H2,1-3H3. The number of H-pyrrole nitrogens is 1. The Kier molecular flexibility index (Phi) is 7.12. The third-order valence-electron chi connectivity index (χ3n) is 5.40. The number of hydrogen-bond donors (Lipinski definition) is 1. The molecule has 3 aromatic rings. The van der Waals surface area contributed by atoms with Crippen molar-refractivity contribution >= 4 is 34.9 Å². The lowest BCUT2D eigenvalue weighted by atomic mass is 10.1. The van der Waals surface area contributed by atoms with Gasteiger partial charge in [-0.15, -0.1) is 21.5 Å². The van der Waals surface area contributed by atoms with Gasteiger partial charge in [0.2, 0.25) is 0 Å². The topological polar surface area (TPSA) is 99.1 Å². The van der Waals surface area contributed by atoms with Gasteiger partial charge in [-0.1, -0.05) is 17.8 Å².